The Hall–Kier alpha value is -3.81. The normalized spacial score (nSPS) is 10.5. The summed E-state index contributed by atoms with van der Waals surface area (Å²) in [6, 6.07) is 15.2. The lowest BCUT2D eigenvalue weighted by molar-refractivity contribution is -0.152. The first-order chi connectivity index (χ1) is 16.0. The number of ether oxygens (including phenoxy) is 3. The lowest BCUT2D eigenvalue weighted by Crippen LogP contribution is -2.34. The van der Waals surface area contributed by atoms with Gasteiger partial charge in [-0.15, -0.1) is 0 Å². The molecule has 0 aliphatic heterocycles. The smallest absolute Gasteiger partial charge is 0.306 e. The molecule has 174 valence electrons. The van der Waals surface area contributed by atoms with Crippen LogP contribution in [-0.4, -0.2) is 53.9 Å². The summed E-state index contributed by atoms with van der Waals surface area (Å²) in [5.74, 6) is 0.551. The van der Waals surface area contributed by atoms with Crippen molar-refractivity contribution in [2.45, 2.75) is 26.3 Å². The first-order valence-electron chi connectivity index (χ1n) is 10.8. The maximum atomic E-state index is 12.6. The number of esters is 1. The zero-order chi connectivity index (χ0) is 23.6. The van der Waals surface area contributed by atoms with E-state index < -0.39 is 5.97 Å². The monoisotopic (exact) mass is 451 g/mol. The van der Waals surface area contributed by atoms with Crippen LogP contribution in [0.3, 0.4) is 0 Å². The topological polar surface area (TPSA) is 82.9 Å². The van der Waals surface area contributed by atoms with Crippen LogP contribution in [0.5, 0.6) is 11.5 Å². The Kier molecular flexibility index (Phi) is 8.46. The second-order valence-corrected chi connectivity index (χ2v) is 7.39. The minimum absolute atomic E-state index is 0.176. The van der Waals surface area contributed by atoms with Crippen LogP contribution >= 0.6 is 0 Å². The van der Waals surface area contributed by atoms with Crippen LogP contribution in [-0.2, 0) is 27.3 Å². The molecule has 0 radical (unpaired) electrons. The van der Waals surface area contributed by atoms with Gasteiger partial charge in [-0.1, -0.05) is 24.3 Å². The number of nitrogens with zero attached hydrogens (tertiary/aromatic N) is 3. The molecule has 0 saturated heterocycles. The Morgan fingerprint density at radius 3 is 2.45 bits per heavy atom. The van der Waals surface area contributed by atoms with E-state index in [2.05, 4.69) is 5.10 Å². The van der Waals surface area contributed by atoms with Crippen molar-refractivity contribution in [3.05, 3.63) is 72.1 Å². The fourth-order valence-electron chi connectivity index (χ4n) is 3.34. The minimum Gasteiger partial charge on any atom is -0.493 e. The van der Waals surface area contributed by atoms with E-state index in [4.69, 9.17) is 14.2 Å². The number of hydrogen-bond acceptors (Lipinski definition) is 6. The molecule has 0 spiro atoms. The molecule has 2 aromatic carbocycles. The van der Waals surface area contributed by atoms with Gasteiger partial charge < -0.3 is 19.1 Å². The third-order valence-electron chi connectivity index (χ3n) is 5.19. The second-order valence-electron chi connectivity index (χ2n) is 7.39. The molecular formula is C25H29N3O5. The number of para-hydroxylation sites is 1. The van der Waals surface area contributed by atoms with Gasteiger partial charge in [0.15, 0.2) is 18.1 Å². The number of carbonyl (C=O) groups excluding carboxylic acids is 2. The van der Waals surface area contributed by atoms with E-state index in [0.29, 0.717) is 31.0 Å². The van der Waals surface area contributed by atoms with Gasteiger partial charge in [-0.25, -0.2) is 4.68 Å². The lowest BCUT2D eigenvalue weighted by Gasteiger charge is -2.21. The maximum Gasteiger partial charge on any atom is 0.306 e. The van der Waals surface area contributed by atoms with Crippen LogP contribution in [0.4, 0.5) is 0 Å². The minimum atomic E-state index is -0.419. The molecule has 0 aliphatic carbocycles. The van der Waals surface area contributed by atoms with E-state index >= 15 is 0 Å². The van der Waals surface area contributed by atoms with Gasteiger partial charge in [0.25, 0.3) is 5.91 Å². The fraction of sp³-hybridized carbons (Fsp3) is 0.320. The van der Waals surface area contributed by atoms with E-state index in [1.54, 1.807) is 36.1 Å². The second kappa shape index (κ2) is 11.7. The van der Waals surface area contributed by atoms with E-state index in [-0.39, 0.29) is 18.9 Å². The molecule has 0 saturated carbocycles. The first-order valence-corrected chi connectivity index (χ1v) is 10.8. The molecule has 1 amide bonds. The molecule has 3 rings (SSSR count). The molecule has 8 nitrogen and oxygen atoms in total. The van der Waals surface area contributed by atoms with Crippen molar-refractivity contribution in [2.75, 3.05) is 27.4 Å². The number of aryl methyl sites for hydroxylation is 1. The van der Waals surface area contributed by atoms with Crippen LogP contribution in [0.2, 0.25) is 0 Å². The van der Waals surface area contributed by atoms with Gasteiger partial charge in [0.1, 0.15) is 0 Å². The van der Waals surface area contributed by atoms with Crippen LogP contribution in [0.1, 0.15) is 24.5 Å². The van der Waals surface area contributed by atoms with E-state index in [1.807, 2.05) is 55.6 Å². The number of aromatic nitrogens is 2. The van der Waals surface area contributed by atoms with Crippen molar-refractivity contribution in [1.82, 2.24) is 14.7 Å². The summed E-state index contributed by atoms with van der Waals surface area (Å²) in [4.78, 5) is 26.4. The Balaban J connectivity index is 1.47. The Morgan fingerprint density at radius 1 is 1.00 bits per heavy atom. The van der Waals surface area contributed by atoms with Gasteiger partial charge >= 0.3 is 5.97 Å². The summed E-state index contributed by atoms with van der Waals surface area (Å²) in [6.45, 7) is 2.46. The highest BCUT2D eigenvalue weighted by molar-refractivity contribution is 5.80. The fourth-order valence-corrected chi connectivity index (χ4v) is 3.34. The predicted molar refractivity (Wildman–Crippen MR) is 123 cm³/mol. The van der Waals surface area contributed by atoms with Crippen LogP contribution in [0.15, 0.2) is 60.9 Å². The van der Waals surface area contributed by atoms with E-state index in [0.717, 1.165) is 16.8 Å². The van der Waals surface area contributed by atoms with Crippen molar-refractivity contribution in [2.24, 2.45) is 0 Å². The standard InChI is InChI=1S/C25H29N3O5/c1-4-27(16-19-10-12-22(31-2)23(14-19)32-3)24(29)18-33-25(30)13-11-20-15-26-28(17-20)21-8-6-5-7-9-21/h5-10,12,14-15,17H,4,11,13,16,18H2,1-3H3. The van der Waals surface area contributed by atoms with E-state index in [9.17, 15) is 9.59 Å². The summed E-state index contributed by atoms with van der Waals surface area (Å²) < 4.78 is 17.5. The molecule has 0 unspecified atom stereocenters. The molecule has 1 heterocycles. The number of hydrogen-bond donors (Lipinski definition) is 0. The molecule has 3 aromatic rings. The zero-order valence-corrected chi connectivity index (χ0v) is 19.2. The Bertz CT molecular complexity index is 1060. The number of likely N-dealkylation sites (N-methyl/N-ethyl adjacent to an activating group) is 1. The highest BCUT2D eigenvalue weighted by atomic mass is 16.5. The van der Waals surface area contributed by atoms with Crippen molar-refractivity contribution in [3.63, 3.8) is 0 Å². The SMILES string of the molecule is CCN(Cc1ccc(OC)c(OC)c1)C(=O)COC(=O)CCc1cnn(-c2ccccc2)c1. The molecule has 33 heavy (non-hydrogen) atoms. The van der Waals surface area contributed by atoms with Crippen LogP contribution in [0.25, 0.3) is 5.69 Å². The van der Waals surface area contributed by atoms with Crippen molar-refractivity contribution < 1.29 is 23.8 Å². The van der Waals surface area contributed by atoms with Gasteiger partial charge in [0, 0.05) is 25.7 Å². The summed E-state index contributed by atoms with van der Waals surface area (Å²) >= 11 is 0. The first kappa shape index (κ1) is 23.8. The number of rotatable bonds is 11. The summed E-state index contributed by atoms with van der Waals surface area (Å²) in [5.41, 5.74) is 2.77. The van der Waals surface area contributed by atoms with Crippen molar-refractivity contribution in [3.8, 4) is 17.2 Å². The zero-order valence-electron chi connectivity index (χ0n) is 19.2. The highest BCUT2D eigenvalue weighted by Crippen LogP contribution is 2.28. The van der Waals surface area contributed by atoms with Crippen LogP contribution in [0, 0.1) is 0 Å². The lowest BCUT2D eigenvalue weighted by atomic mass is 10.2. The molecule has 8 heteroatoms. The van der Waals surface area contributed by atoms with Crippen molar-refractivity contribution >= 4 is 11.9 Å². The Labute approximate surface area is 193 Å². The third-order valence-corrected chi connectivity index (χ3v) is 5.19. The molecular weight excluding hydrogens is 422 g/mol. The molecule has 0 N–H and O–H groups in total. The van der Waals surface area contributed by atoms with Gasteiger partial charge in [0.2, 0.25) is 0 Å². The number of amides is 1. The van der Waals surface area contributed by atoms with Gasteiger partial charge in [-0.05, 0) is 48.7 Å². The predicted octanol–water partition coefficient (Wildman–Crippen LogP) is 3.41. The van der Waals surface area contributed by atoms with Crippen molar-refractivity contribution in [1.29, 1.82) is 0 Å². The highest BCUT2D eigenvalue weighted by Gasteiger charge is 2.16. The Morgan fingerprint density at radius 2 is 1.76 bits per heavy atom. The van der Waals surface area contributed by atoms with Gasteiger partial charge in [-0.3, -0.25) is 9.59 Å². The van der Waals surface area contributed by atoms with Gasteiger partial charge in [-0.2, -0.15) is 5.10 Å². The summed E-state index contributed by atoms with van der Waals surface area (Å²) in [5, 5.41) is 4.32. The summed E-state index contributed by atoms with van der Waals surface area (Å²) in [7, 11) is 3.14. The third kappa shape index (κ3) is 6.58. The molecule has 1 aromatic heterocycles. The quantitative estimate of drug-likeness (QED) is 0.416. The average molecular weight is 452 g/mol. The average Bonchev–Trinajstić information content (AvgIpc) is 3.34. The summed E-state index contributed by atoms with van der Waals surface area (Å²) in [6.07, 6.45) is 4.28. The van der Waals surface area contributed by atoms with Crippen LogP contribution < -0.4 is 9.47 Å². The van der Waals surface area contributed by atoms with E-state index in [1.165, 1.54) is 0 Å². The maximum absolute atomic E-state index is 12.6. The molecule has 0 aliphatic rings. The largest absolute Gasteiger partial charge is 0.493 e. The number of methoxy groups -OCH3 is 2. The van der Waals surface area contributed by atoms with Gasteiger partial charge in [0.05, 0.1) is 26.1 Å². The molecule has 0 bridgehead atoms. The molecule has 0 atom stereocenters. The number of carbonyl (C=O) groups is 2. The number of benzene rings is 2. The molecule has 0 fully saturated rings.